The molecule has 2 bridgehead atoms. The lowest BCUT2D eigenvalue weighted by molar-refractivity contribution is -0.137. The van der Waals surface area contributed by atoms with Crippen molar-refractivity contribution >= 4 is 15.7 Å². The molecule has 25 heavy (non-hydrogen) atoms. The van der Waals surface area contributed by atoms with Gasteiger partial charge in [-0.05, 0) is 43.4 Å². The molecule has 1 saturated heterocycles. The van der Waals surface area contributed by atoms with Crippen molar-refractivity contribution in [1.29, 1.82) is 5.26 Å². The standard InChI is InChI=1S/C17H15F3N2O2S/c1-9-15-10-2-3-11(6-10)16(15)25(23,24)22(9)13-5-4-12(8-21)14(7-13)17(18,19)20/h2-5,7,9-11,15-16H,6H2,1H3/t9-,10+,11-,15+,16-/m0/s1. The highest BCUT2D eigenvalue weighted by Crippen LogP contribution is 2.55. The predicted molar refractivity (Wildman–Crippen MR) is 85.0 cm³/mol. The van der Waals surface area contributed by atoms with E-state index in [2.05, 4.69) is 0 Å². The summed E-state index contributed by atoms with van der Waals surface area (Å²) >= 11 is 0. The van der Waals surface area contributed by atoms with Crippen LogP contribution in [0.15, 0.2) is 30.4 Å². The Morgan fingerprint density at radius 1 is 1.24 bits per heavy atom. The number of sulfonamides is 1. The fourth-order valence-corrected chi connectivity index (χ4v) is 7.51. The van der Waals surface area contributed by atoms with Gasteiger partial charge < -0.3 is 0 Å². The van der Waals surface area contributed by atoms with Gasteiger partial charge in [0, 0.05) is 12.0 Å². The molecule has 0 spiro atoms. The van der Waals surface area contributed by atoms with Gasteiger partial charge in [0.1, 0.15) is 0 Å². The number of hydrogen-bond acceptors (Lipinski definition) is 3. The normalized spacial score (nSPS) is 35.0. The van der Waals surface area contributed by atoms with Crippen molar-refractivity contribution in [3.63, 3.8) is 0 Å². The van der Waals surface area contributed by atoms with Gasteiger partial charge in [-0.1, -0.05) is 12.2 Å². The molecule has 1 aromatic rings. The van der Waals surface area contributed by atoms with Gasteiger partial charge in [0.25, 0.3) is 0 Å². The Labute approximate surface area is 143 Å². The lowest BCUT2D eigenvalue weighted by Crippen LogP contribution is -2.35. The lowest BCUT2D eigenvalue weighted by Gasteiger charge is -2.27. The molecule has 2 aliphatic carbocycles. The Morgan fingerprint density at radius 3 is 2.52 bits per heavy atom. The van der Waals surface area contributed by atoms with E-state index >= 15 is 0 Å². The maximum atomic E-state index is 13.2. The largest absolute Gasteiger partial charge is 0.417 e. The summed E-state index contributed by atoms with van der Waals surface area (Å²) in [5.41, 5.74) is -1.64. The SMILES string of the molecule is C[C@H]1[C@H]2[C@H]([C@H]3C=C[C@@H]2C3)S(=O)(=O)N1c1ccc(C#N)c(C(F)(F)F)c1. The van der Waals surface area contributed by atoms with E-state index < -0.39 is 38.6 Å². The summed E-state index contributed by atoms with van der Waals surface area (Å²) in [5, 5.41) is 8.34. The van der Waals surface area contributed by atoms with Crippen molar-refractivity contribution in [2.24, 2.45) is 17.8 Å². The quantitative estimate of drug-likeness (QED) is 0.715. The molecular formula is C17H15F3N2O2S. The minimum Gasteiger partial charge on any atom is -0.267 e. The van der Waals surface area contributed by atoms with E-state index in [1.165, 1.54) is 12.1 Å². The van der Waals surface area contributed by atoms with Gasteiger partial charge in [-0.25, -0.2) is 8.42 Å². The van der Waals surface area contributed by atoms with Crippen LogP contribution in [0.5, 0.6) is 0 Å². The van der Waals surface area contributed by atoms with Crippen LogP contribution in [-0.2, 0) is 16.2 Å². The first-order valence-electron chi connectivity index (χ1n) is 7.99. The minimum absolute atomic E-state index is 0.0207. The second-order valence-corrected chi connectivity index (χ2v) is 8.88. The Morgan fingerprint density at radius 2 is 1.92 bits per heavy atom. The van der Waals surface area contributed by atoms with Crippen molar-refractivity contribution < 1.29 is 21.6 Å². The highest BCUT2D eigenvalue weighted by molar-refractivity contribution is 7.93. The fourth-order valence-electron chi connectivity index (χ4n) is 4.77. The number of nitriles is 1. The summed E-state index contributed by atoms with van der Waals surface area (Å²) in [7, 11) is -3.75. The van der Waals surface area contributed by atoms with Crippen molar-refractivity contribution in [2.75, 3.05) is 4.31 Å². The topological polar surface area (TPSA) is 61.2 Å². The molecule has 0 radical (unpaired) electrons. The average molecular weight is 368 g/mol. The fraction of sp³-hybridized carbons (Fsp3) is 0.471. The lowest BCUT2D eigenvalue weighted by atomic mass is 9.87. The molecule has 4 rings (SSSR count). The molecule has 1 saturated carbocycles. The predicted octanol–water partition coefficient (Wildman–Crippen LogP) is 3.31. The zero-order valence-electron chi connectivity index (χ0n) is 13.2. The van der Waals surface area contributed by atoms with Gasteiger partial charge >= 0.3 is 6.18 Å². The third kappa shape index (κ3) is 2.15. The molecule has 132 valence electrons. The monoisotopic (exact) mass is 368 g/mol. The third-order valence-electron chi connectivity index (χ3n) is 5.67. The first kappa shape index (κ1) is 16.5. The van der Waals surface area contributed by atoms with Crippen LogP contribution in [0.25, 0.3) is 0 Å². The number of anilines is 1. The summed E-state index contributed by atoms with van der Waals surface area (Å²) in [6.07, 6.45) is 0.0268. The number of alkyl halides is 3. The molecule has 2 fully saturated rings. The van der Waals surface area contributed by atoms with Crippen LogP contribution in [0.3, 0.4) is 0 Å². The number of nitrogens with zero attached hydrogens (tertiary/aromatic N) is 2. The average Bonchev–Trinajstić information content (AvgIpc) is 3.19. The van der Waals surface area contributed by atoms with E-state index in [4.69, 9.17) is 5.26 Å². The van der Waals surface area contributed by atoms with Crippen LogP contribution < -0.4 is 4.31 Å². The second kappa shape index (κ2) is 5.01. The molecule has 0 amide bonds. The first-order valence-corrected chi connectivity index (χ1v) is 9.49. The molecule has 0 N–H and O–H groups in total. The third-order valence-corrected chi connectivity index (χ3v) is 8.12. The second-order valence-electron chi connectivity index (χ2n) is 6.91. The van der Waals surface area contributed by atoms with Crippen LogP contribution in [0.1, 0.15) is 24.5 Å². The van der Waals surface area contributed by atoms with Crippen LogP contribution >= 0.6 is 0 Å². The van der Waals surface area contributed by atoms with Crippen LogP contribution in [0.2, 0.25) is 0 Å². The zero-order valence-corrected chi connectivity index (χ0v) is 14.1. The van der Waals surface area contributed by atoms with E-state index in [9.17, 15) is 21.6 Å². The maximum Gasteiger partial charge on any atom is 0.417 e. The van der Waals surface area contributed by atoms with Gasteiger partial charge in [0.2, 0.25) is 10.0 Å². The number of benzene rings is 1. The van der Waals surface area contributed by atoms with Crippen molar-refractivity contribution in [3.8, 4) is 6.07 Å². The highest BCUT2D eigenvalue weighted by atomic mass is 32.2. The summed E-state index contributed by atoms with van der Waals surface area (Å²) in [6, 6.07) is 4.22. The highest BCUT2D eigenvalue weighted by Gasteiger charge is 2.61. The van der Waals surface area contributed by atoms with E-state index in [-0.39, 0.29) is 23.4 Å². The summed E-state index contributed by atoms with van der Waals surface area (Å²) in [5.74, 6) is -0.0110. The molecule has 4 nitrogen and oxygen atoms in total. The summed E-state index contributed by atoms with van der Waals surface area (Å²) in [6.45, 7) is 1.75. The minimum atomic E-state index is -4.72. The van der Waals surface area contributed by atoms with Crippen molar-refractivity contribution in [3.05, 3.63) is 41.5 Å². The van der Waals surface area contributed by atoms with Crippen LogP contribution in [0.4, 0.5) is 18.9 Å². The van der Waals surface area contributed by atoms with Crippen LogP contribution in [-0.4, -0.2) is 19.7 Å². The Balaban J connectivity index is 1.82. The van der Waals surface area contributed by atoms with E-state index in [1.54, 1.807) is 6.92 Å². The summed E-state index contributed by atoms with van der Waals surface area (Å²) in [4.78, 5) is 0. The Bertz CT molecular complexity index is 917. The van der Waals surface area contributed by atoms with Gasteiger partial charge in [-0.15, -0.1) is 0 Å². The van der Waals surface area contributed by atoms with E-state index in [0.29, 0.717) is 0 Å². The molecule has 1 aliphatic heterocycles. The van der Waals surface area contributed by atoms with Crippen LogP contribution in [0, 0.1) is 29.1 Å². The first-order chi connectivity index (χ1) is 11.7. The molecule has 3 aliphatic rings. The number of hydrogen-bond donors (Lipinski definition) is 0. The molecular weight excluding hydrogens is 353 g/mol. The Kier molecular flexibility index (Phi) is 3.30. The number of rotatable bonds is 1. The maximum absolute atomic E-state index is 13.2. The molecule has 8 heteroatoms. The molecule has 0 aromatic heterocycles. The summed E-state index contributed by atoms with van der Waals surface area (Å²) < 4.78 is 66.9. The van der Waals surface area contributed by atoms with E-state index in [1.807, 2.05) is 12.2 Å². The van der Waals surface area contributed by atoms with Gasteiger partial charge in [0.05, 0.1) is 28.1 Å². The van der Waals surface area contributed by atoms with Gasteiger partial charge in [-0.2, -0.15) is 18.4 Å². The van der Waals surface area contributed by atoms with Crippen molar-refractivity contribution in [1.82, 2.24) is 0 Å². The number of allylic oxidation sites excluding steroid dienone is 2. The molecule has 0 unspecified atom stereocenters. The van der Waals surface area contributed by atoms with Gasteiger partial charge in [-0.3, -0.25) is 4.31 Å². The number of halogens is 3. The van der Waals surface area contributed by atoms with Gasteiger partial charge in [0.15, 0.2) is 0 Å². The zero-order chi connectivity index (χ0) is 18.1. The molecule has 1 heterocycles. The molecule has 5 atom stereocenters. The smallest absolute Gasteiger partial charge is 0.267 e. The van der Waals surface area contributed by atoms with Crippen molar-refractivity contribution in [2.45, 2.75) is 30.8 Å². The number of fused-ring (bicyclic) bond motifs is 5. The Hall–Kier alpha value is -2.01. The molecule has 1 aromatic carbocycles. The van der Waals surface area contributed by atoms with E-state index in [0.717, 1.165) is 22.9 Å².